The van der Waals surface area contributed by atoms with Crippen LogP contribution in [0.15, 0.2) is 0 Å². The second kappa shape index (κ2) is 16.0. The molecular weight excluding hydrogens is 306 g/mol. The van der Waals surface area contributed by atoms with Crippen LogP contribution in [0, 0.1) is 0 Å². The van der Waals surface area contributed by atoms with Crippen LogP contribution < -0.4 is 0 Å². The largest absolute Gasteiger partial charge is 0.300 e. The van der Waals surface area contributed by atoms with E-state index in [1.54, 1.807) is 0 Å². The van der Waals surface area contributed by atoms with Gasteiger partial charge >= 0.3 is 0 Å². The molecule has 0 aliphatic carbocycles. The van der Waals surface area contributed by atoms with Gasteiger partial charge < -0.3 is 9.59 Å². The molecule has 0 fully saturated rings. The summed E-state index contributed by atoms with van der Waals surface area (Å²) in [6.45, 7) is 6.11. The molecule has 0 aromatic carbocycles. The van der Waals surface area contributed by atoms with Crippen molar-refractivity contribution < 1.29 is 35.5 Å². The Morgan fingerprint density at radius 3 is 0.800 bits per heavy atom. The average molecular weight is 318 g/mol. The van der Waals surface area contributed by atoms with Gasteiger partial charge in [-0.2, -0.15) is 0 Å². The first-order valence-corrected chi connectivity index (χ1v) is 2.41. The summed E-state index contributed by atoms with van der Waals surface area (Å²) in [7, 11) is 0. The van der Waals surface area contributed by atoms with Crippen molar-refractivity contribution >= 4 is 11.6 Å². The van der Waals surface area contributed by atoms with Gasteiger partial charge in [0, 0.05) is 25.9 Å². The van der Waals surface area contributed by atoms with Crippen LogP contribution in [0.2, 0.25) is 0 Å². The molecule has 0 aromatic rings. The van der Waals surface area contributed by atoms with E-state index in [2.05, 4.69) is 0 Å². The predicted octanol–water partition coefficient (Wildman–Crippen LogP) is 1.07. The molecule has 0 saturated heterocycles. The summed E-state index contributed by atoms with van der Waals surface area (Å²) in [6.07, 6.45) is 0. The van der Waals surface area contributed by atoms with Crippen molar-refractivity contribution in [2.75, 3.05) is 0 Å². The van der Waals surface area contributed by atoms with Crippen LogP contribution >= 0.6 is 0 Å². The average Bonchev–Trinajstić information content (AvgIpc) is 1.25. The van der Waals surface area contributed by atoms with E-state index in [9.17, 15) is 9.59 Å². The standard InChI is InChI=1S/2C3H6O.O.Re/c2*1-3(2)4;;/h2*1-2H3;;. The minimum Gasteiger partial charge on any atom is -0.300 e. The van der Waals surface area contributed by atoms with Crippen molar-refractivity contribution in [3.63, 3.8) is 0 Å². The van der Waals surface area contributed by atoms with Crippen LogP contribution in [0.3, 0.4) is 0 Å². The molecule has 0 saturated carbocycles. The first kappa shape index (κ1) is 22.5. The number of hydrogen-bond acceptors (Lipinski definition) is 2. The summed E-state index contributed by atoms with van der Waals surface area (Å²) in [6, 6.07) is 0. The fraction of sp³-hybridized carbons (Fsp3) is 0.667. The second-order valence-electron chi connectivity index (χ2n) is 1.82. The Balaban J connectivity index is -0.0000000300. The van der Waals surface area contributed by atoms with Crippen molar-refractivity contribution in [1.29, 1.82) is 0 Å². The molecule has 0 atom stereocenters. The maximum atomic E-state index is 9.44. The number of hydrogen-bond donors (Lipinski definition) is 0. The van der Waals surface area contributed by atoms with E-state index in [1.165, 1.54) is 27.7 Å². The van der Waals surface area contributed by atoms with E-state index in [-0.39, 0.29) is 37.5 Å². The number of Topliss-reactive ketones (excluding diaryl/α,β-unsaturated/α-hetero) is 2. The van der Waals surface area contributed by atoms with Crippen LogP contribution in [-0.4, -0.2) is 11.6 Å². The third-order valence-corrected chi connectivity index (χ3v) is 0. The summed E-state index contributed by atoms with van der Waals surface area (Å²) in [5, 5.41) is 0. The molecular formula is C6H12O3Re. The Hall–Kier alpha value is -0.0377. The molecule has 3 nitrogen and oxygen atoms in total. The molecule has 0 rings (SSSR count). The topological polar surface area (TPSA) is 62.6 Å². The van der Waals surface area contributed by atoms with Gasteiger partial charge in [0.1, 0.15) is 11.6 Å². The zero-order chi connectivity index (χ0) is 7.15. The van der Waals surface area contributed by atoms with Crippen LogP contribution in [0.25, 0.3) is 0 Å². The summed E-state index contributed by atoms with van der Waals surface area (Å²) >= 11 is 0. The van der Waals surface area contributed by atoms with Crippen LogP contribution in [-0.2, 0) is 35.5 Å². The van der Waals surface area contributed by atoms with Gasteiger partial charge in [0.25, 0.3) is 0 Å². The van der Waals surface area contributed by atoms with Gasteiger partial charge in [0.05, 0.1) is 0 Å². The summed E-state index contributed by atoms with van der Waals surface area (Å²) in [5.41, 5.74) is 0. The quantitative estimate of drug-likeness (QED) is 0.671. The maximum absolute atomic E-state index is 9.44. The monoisotopic (exact) mass is 319 g/mol. The minimum atomic E-state index is 0. The first-order chi connectivity index (χ1) is 3.46. The zero-order valence-corrected chi connectivity index (χ0v) is 9.32. The van der Waals surface area contributed by atoms with Gasteiger partial charge in [-0.15, -0.1) is 0 Å². The fourth-order valence-corrected chi connectivity index (χ4v) is 0. The van der Waals surface area contributed by atoms with E-state index in [0.717, 1.165) is 0 Å². The Labute approximate surface area is 75.2 Å². The van der Waals surface area contributed by atoms with Gasteiger partial charge in [0.2, 0.25) is 0 Å². The second-order valence-corrected chi connectivity index (χ2v) is 1.82. The fourth-order valence-electron chi connectivity index (χ4n) is 0. The molecule has 3 radical (unpaired) electrons. The van der Waals surface area contributed by atoms with Gasteiger partial charge in [-0.25, -0.2) is 0 Å². The molecule has 0 unspecified atom stereocenters. The molecule has 0 spiro atoms. The van der Waals surface area contributed by atoms with E-state index in [0.29, 0.717) is 0 Å². The van der Waals surface area contributed by atoms with Crippen molar-refractivity contribution in [3.8, 4) is 0 Å². The van der Waals surface area contributed by atoms with Crippen LogP contribution in [0.5, 0.6) is 0 Å². The Morgan fingerprint density at radius 2 is 0.800 bits per heavy atom. The van der Waals surface area contributed by atoms with Gasteiger partial charge in [0.15, 0.2) is 0 Å². The Bertz CT molecular complexity index is 71.0. The van der Waals surface area contributed by atoms with Gasteiger partial charge in [-0.05, 0) is 27.7 Å². The van der Waals surface area contributed by atoms with E-state index >= 15 is 0 Å². The van der Waals surface area contributed by atoms with Gasteiger partial charge in [-0.1, -0.05) is 0 Å². The molecule has 0 bridgehead atoms. The third-order valence-electron chi connectivity index (χ3n) is 0. The molecule has 0 aromatic heterocycles. The maximum Gasteiger partial charge on any atom is 0.126 e. The molecule has 61 valence electrons. The summed E-state index contributed by atoms with van der Waals surface area (Å²) in [5.74, 6) is 0.333. The van der Waals surface area contributed by atoms with Gasteiger partial charge in [-0.3, -0.25) is 0 Å². The van der Waals surface area contributed by atoms with E-state index in [4.69, 9.17) is 0 Å². The van der Waals surface area contributed by atoms with Crippen molar-refractivity contribution in [1.82, 2.24) is 0 Å². The number of carbonyl (C=O) groups excluding carboxylic acids is 2. The number of ketones is 2. The molecule has 0 amide bonds. The van der Waals surface area contributed by atoms with E-state index < -0.39 is 0 Å². The molecule has 4 heteroatoms. The number of rotatable bonds is 0. The minimum absolute atomic E-state index is 0. The van der Waals surface area contributed by atoms with Crippen molar-refractivity contribution in [2.45, 2.75) is 27.7 Å². The van der Waals surface area contributed by atoms with Crippen molar-refractivity contribution in [3.05, 3.63) is 0 Å². The SMILES string of the molecule is CC(C)=O.CC(C)=O.[O].[Re]. The Kier molecular flexibility index (Phi) is 36.0. The summed E-state index contributed by atoms with van der Waals surface area (Å²) in [4.78, 5) is 18.9. The molecule has 10 heavy (non-hydrogen) atoms. The first-order valence-electron chi connectivity index (χ1n) is 2.41. The van der Waals surface area contributed by atoms with Crippen LogP contribution in [0.4, 0.5) is 0 Å². The Morgan fingerprint density at radius 1 is 0.800 bits per heavy atom. The molecule has 0 aliphatic rings. The normalized spacial score (nSPS) is 5.20. The summed E-state index contributed by atoms with van der Waals surface area (Å²) < 4.78 is 0. The molecule has 0 N–H and O–H groups in total. The van der Waals surface area contributed by atoms with Crippen molar-refractivity contribution in [2.24, 2.45) is 0 Å². The smallest absolute Gasteiger partial charge is 0.126 e. The zero-order valence-electron chi connectivity index (χ0n) is 6.60. The third kappa shape index (κ3) is 272000. The van der Waals surface area contributed by atoms with Crippen LogP contribution in [0.1, 0.15) is 27.7 Å². The number of carbonyl (C=O) groups is 2. The van der Waals surface area contributed by atoms with E-state index in [1.807, 2.05) is 0 Å². The molecule has 0 heterocycles. The molecule has 0 aliphatic heterocycles. The predicted molar refractivity (Wildman–Crippen MR) is 33.4 cm³/mol.